The van der Waals surface area contributed by atoms with Gasteiger partial charge in [-0.25, -0.2) is 13.2 Å². The molecule has 0 unspecified atom stereocenters. The van der Waals surface area contributed by atoms with Gasteiger partial charge in [0, 0.05) is 21.1 Å². The molecule has 1 aromatic heterocycles. The number of rotatable bonds is 3. The minimum Gasteiger partial charge on any atom is -0.340 e. The van der Waals surface area contributed by atoms with Crippen LogP contribution < -0.4 is 10.7 Å². The van der Waals surface area contributed by atoms with Gasteiger partial charge < -0.3 is 10.3 Å². The Balaban J connectivity index is 2.31. The number of aromatic amines is 1. The highest BCUT2D eigenvalue weighted by atomic mass is 79.9. The van der Waals surface area contributed by atoms with Gasteiger partial charge in [-0.2, -0.15) is 0 Å². The van der Waals surface area contributed by atoms with Crippen LogP contribution in [0.25, 0.3) is 10.9 Å². The second-order valence-corrected chi connectivity index (χ2v) is 7.12. The summed E-state index contributed by atoms with van der Waals surface area (Å²) < 4.78 is 41.5. The number of ketones is 1. The van der Waals surface area contributed by atoms with Gasteiger partial charge in [-0.1, -0.05) is 0 Å². The van der Waals surface area contributed by atoms with Gasteiger partial charge in [0.2, 0.25) is 5.43 Å². The first-order valence-electron chi connectivity index (χ1n) is 7.17. The van der Waals surface area contributed by atoms with E-state index in [-0.39, 0.29) is 16.8 Å². The molecule has 2 aromatic carbocycles. The Bertz CT molecular complexity index is 1130. The third-order valence-corrected chi connectivity index (χ3v) is 5.00. The van der Waals surface area contributed by atoms with Crippen LogP contribution in [0.5, 0.6) is 0 Å². The molecular weight excluding hydrogens is 481 g/mol. The van der Waals surface area contributed by atoms with Crippen LogP contribution in [0.15, 0.2) is 38.0 Å². The van der Waals surface area contributed by atoms with Crippen LogP contribution in [0.4, 0.5) is 24.7 Å². The van der Waals surface area contributed by atoms with E-state index in [1.807, 2.05) is 0 Å². The molecule has 0 radical (unpaired) electrons. The molecule has 26 heavy (non-hydrogen) atoms. The Kier molecular flexibility index (Phi) is 4.94. The number of fused-ring (bicyclic) bond motifs is 1. The fraction of sp³-hybridized carbons (Fsp3) is 0.0588. The van der Waals surface area contributed by atoms with Crippen LogP contribution in [-0.4, -0.2) is 10.8 Å². The van der Waals surface area contributed by atoms with Crippen molar-refractivity contribution in [2.45, 2.75) is 6.92 Å². The zero-order chi connectivity index (χ0) is 19.2. The van der Waals surface area contributed by atoms with Crippen LogP contribution in [0.3, 0.4) is 0 Å². The lowest BCUT2D eigenvalue weighted by Crippen LogP contribution is -2.18. The predicted molar refractivity (Wildman–Crippen MR) is 99.6 cm³/mol. The van der Waals surface area contributed by atoms with Crippen molar-refractivity contribution in [3.63, 3.8) is 0 Å². The van der Waals surface area contributed by atoms with Crippen LogP contribution in [0, 0.1) is 17.5 Å². The molecule has 0 amide bonds. The summed E-state index contributed by atoms with van der Waals surface area (Å²) in [5, 5.41) is 2.70. The number of nitrogens with one attached hydrogen (secondary N) is 2. The minimum atomic E-state index is -1.35. The molecule has 0 saturated heterocycles. The molecule has 0 aliphatic heterocycles. The van der Waals surface area contributed by atoms with E-state index >= 15 is 0 Å². The number of hydrogen-bond donors (Lipinski definition) is 2. The molecule has 0 atom stereocenters. The molecule has 3 rings (SSSR count). The SMILES string of the molecule is CC(=O)c1c(Nc2cc(F)c(F)cc2F)[nH]c2c(Br)ccc(Br)c2c1=O. The highest BCUT2D eigenvalue weighted by Gasteiger charge is 2.20. The quantitative estimate of drug-likeness (QED) is 0.381. The van der Waals surface area contributed by atoms with E-state index in [9.17, 15) is 22.8 Å². The Labute approximate surface area is 161 Å². The van der Waals surface area contributed by atoms with Crippen molar-refractivity contribution in [1.82, 2.24) is 4.98 Å². The van der Waals surface area contributed by atoms with Crippen molar-refractivity contribution in [1.29, 1.82) is 0 Å². The molecule has 2 N–H and O–H groups in total. The molecule has 4 nitrogen and oxygen atoms in total. The number of Topliss-reactive ketones (excluding diaryl/α,β-unsaturated/α-hetero) is 1. The molecular formula is C17H9Br2F3N2O2. The largest absolute Gasteiger partial charge is 0.340 e. The normalized spacial score (nSPS) is 11.0. The van der Waals surface area contributed by atoms with E-state index in [1.165, 1.54) is 6.92 Å². The van der Waals surface area contributed by atoms with Crippen molar-refractivity contribution < 1.29 is 18.0 Å². The Morgan fingerprint density at radius 2 is 1.65 bits per heavy atom. The van der Waals surface area contributed by atoms with Gasteiger partial charge in [0.1, 0.15) is 17.2 Å². The number of aromatic nitrogens is 1. The second kappa shape index (κ2) is 6.88. The lowest BCUT2D eigenvalue weighted by molar-refractivity contribution is 0.101. The summed E-state index contributed by atoms with van der Waals surface area (Å²) in [5.41, 5.74) is -0.933. The third-order valence-electron chi connectivity index (χ3n) is 3.68. The maximum Gasteiger partial charge on any atom is 0.203 e. The summed E-state index contributed by atoms with van der Waals surface area (Å²) in [4.78, 5) is 27.7. The third kappa shape index (κ3) is 3.16. The van der Waals surface area contributed by atoms with Gasteiger partial charge >= 0.3 is 0 Å². The standard InChI is InChI=1S/C17H9Br2F3N2O2/c1-6(25)13-16(26)14-7(18)2-3-8(19)15(14)24-17(13)23-12-5-10(21)9(20)4-11(12)22/h2-5H,1H3,(H2,23,24,26). The Hall–Kier alpha value is -2.13. The molecule has 0 aliphatic rings. The number of carbonyl (C=O) groups excluding carboxylic acids is 1. The van der Waals surface area contributed by atoms with Gasteiger partial charge in [-0.15, -0.1) is 0 Å². The summed E-state index contributed by atoms with van der Waals surface area (Å²) >= 11 is 6.56. The first-order chi connectivity index (χ1) is 12.2. The highest BCUT2D eigenvalue weighted by molar-refractivity contribution is 9.11. The lowest BCUT2D eigenvalue weighted by atomic mass is 10.1. The van der Waals surface area contributed by atoms with Crippen LogP contribution in [0.2, 0.25) is 0 Å². The van der Waals surface area contributed by atoms with Crippen molar-refractivity contribution in [3.05, 3.63) is 66.4 Å². The van der Waals surface area contributed by atoms with Crippen LogP contribution in [-0.2, 0) is 0 Å². The van der Waals surface area contributed by atoms with Gasteiger partial charge in [-0.3, -0.25) is 9.59 Å². The summed E-state index contributed by atoms with van der Waals surface area (Å²) in [6.45, 7) is 1.18. The van der Waals surface area contributed by atoms with Gasteiger partial charge in [0.05, 0.1) is 16.6 Å². The molecule has 134 valence electrons. The van der Waals surface area contributed by atoms with E-state index in [4.69, 9.17) is 0 Å². The van der Waals surface area contributed by atoms with E-state index in [2.05, 4.69) is 42.2 Å². The lowest BCUT2D eigenvalue weighted by Gasteiger charge is -2.14. The zero-order valence-corrected chi connectivity index (χ0v) is 16.2. The van der Waals surface area contributed by atoms with E-state index in [0.717, 1.165) is 0 Å². The number of pyridine rings is 1. The topological polar surface area (TPSA) is 62.0 Å². The van der Waals surface area contributed by atoms with Crippen molar-refractivity contribution in [2.24, 2.45) is 0 Å². The first-order valence-corrected chi connectivity index (χ1v) is 8.75. The van der Waals surface area contributed by atoms with E-state index in [1.54, 1.807) is 12.1 Å². The summed E-state index contributed by atoms with van der Waals surface area (Å²) in [7, 11) is 0. The first kappa shape index (κ1) is 18.7. The number of hydrogen-bond acceptors (Lipinski definition) is 3. The summed E-state index contributed by atoms with van der Waals surface area (Å²) in [6.07, 6.45) is 0. The highest BCUT2D eigenvalue weighted by Crippen LogP contribution is 2.30. The number of anilines is 2. The molecule has 3 aromatic rings. The van der Waals surface area contributed by atoms with E-state index < -0.39 is 34.4 Å². The predicted octanol–water partition coefficient (Wildman–Crippen LogP) is 5.42. The minimum absolute atomic E-state index is 0.126. The number of benzene rings is 2. The van der Waals surface area contributed by atoms with Crippen LogP contribution in [0.1, 0.15) is 17.3 Å². The monoisotopic (exact) mass is 488 g/mol. The number of carbonyl (C=O) groups is 1. The van der Waals surface area contributed by atoms with Crippen molar-refractivity contribution in [2.75, 3.05) is 5.32 Å². The molecule has 0 fully saturated rings. The molecule has 0 bridgehead atoms. The average molecular weight is 490 g/mol. The molecule has 1 heterocycles. The van der Waals surface area contributed by atoms with E-state index in [0.29, 0.717) is 26.6 Å². The maximum absolute atomic E-state index is 13.9. The van der Waals surface area contributed by atoms with Crippen LogP contribution >= 0.6 is 31.9 Å². The van der Waals surface area contributed by atoms with Crippen molar-refractivity contribution >= 4 is 60.1 Å². The molecule has 0 saturated carbocycles. The summed E-state index contributed by atoms with van der Waals surface area (Å²) in [5.74, 6) is -4.40. The average Bonchev–Trinajstić information content (AvgIpc) is 2.55. The molecule has 9 heteroatoms. The summed E-state index contributed by atoms with van der Waals surface area (Å²) in [6, 6.07) is 4.27. The van der Waals surface area contributed by atoms with Crippen molar-refractivity contribution in [3.8, 4) is 0 Å². The molecule has 0 spiro atoms. The fourth-order valence-electron chi connectivity index (χ4n) is 2.50. The van der Waals surface area contributed by atoms with Gasteiger partial charge in [-0.05, 0) is 50.9 Å². The second-order valence-electron chi connectivity index (χ2n) is 5.41. The maximum atomic E-state index is 13.9. The molecule has 0 aliphatic carbocycles. The number of halogens is 5. The zero-order valence-electron chi connectivity index (χ0n) is 13.0. The smallest absolute Gasteiger partial charge is 0.203 e. The Morgan fingerprint density at radius 3 is 2.31 bits per heavy atom. The number of H-pyrrole nitrogens is 1. The Morgan fingerprint density at radius 1 is 1.04 bits per heavy atom. The fourth-order valence-corrected chi connectivity index (χ4v) is 3.44. The van der Waals surface area contributed by atoms with Gasteiger partial charge in [0.15, 0.2) is 17.4 Å². The van der Waals surface area contributed by atoms with Gasteiger partial charge in [0.25, 0.3) is 0 Å².